The quantitative estimate of drug-likeness (QED) is 0.562. The average molecular weight is 214 g/mol. The predicted octanol–water partition coefficient (Wildman–Crippen LogP) is 1.46. The summed E-state index contributed by atoms with van der Waals surface area (Å²) in [6, 6.07) is 0. The van der Waals surface area contributed by atoms with E-state index in [9.17, 15) is 4.79 Å². The molecule has 1 atom stereocenters. The van der Waals surface area contributed by atoms with Gasteiger partial charge in [0.25, 0.3) is 0 Å². The van der Waals surface area contributed by atoms with Gasteiger partial charge < -0.3 is 9.30 Å². The molecule has 1 aromatic rings. The maximum atomic E-state index is 11.3. The molecule has 1 heterocycles. The van der Waals surface area contributed by atoms with Gasteiger partial charge in [-0.25, -0.2) is 4.98 Å². The highest BCUT2D eigenvalue weighted by Crippen LogP contribution is 2.21. The van der Waals surface area contributed by atoms with Gasteiger partial charge in [0.2, 0.25) is 0 Å². The largest absolute Gasteiger partial charge is 0.465 e. The van der Waals surface area contributed by atoms with Gasteiger partial charge in [0, 0.05) is 19.4 Å². The van der Waals surface area contributed by atoms with Crippen LogP contribution >= 0.6 is 11.8 Å². The zero-order valence-electron chi connectivity index (χ0n) is 8.56. The van der Waals surface area contributed by atoms with Gasteiger partial charge in [-0.1, -0.05) is 11.8 Å². The van der Waals surface area contributed by atoms with Crippen molar-refractivity contribution in [3.05, 3.63) is 12.4 Å². The van der Waals surface area contributed by atoms with E-state index in [2.05, 4.69) is 4.98 Å². The lowest BCUT2D eigenvalue weighted by molar-refractivity contribution is -0.142. The third kappa shape index (κ3) is 2.77. The molecular weight excluding hydrogens is 200 g/mol. The highest BCUT2D eigenvalue weighted by molar-refractivity contribution is 8.00. The molecule has 0 radical (unpaired) electrons. The first-order chi connectivity index (χ1) is 6.65. The Morgan fingerprint density at radius 3 is 3.00 bits per heavy atom. The molecule has 0 saturated heterocycles. The fraction of sp³-hybridized carbons (Fsp3) is 0.556. The summed E-state index contributed by atoms with van der Waals surface area (Å²) in [5.74, 6) is -0.194. The molecule has 0 saturated carbocycles. The van der Waals surface area contributed by atoms with Gasteiger partial charge in [0.05, 0.1) is 6.61 Å². The van der Waals surface area contributed by atoms with E-state index in [1.807, 2.05) is 24.7 Å². The Labute approximate surface area is 87.7 Å². The number of hydrogen-bond donors (Lipinski definition) is 0. The summed E-state index contributed by atoms with van der Waals surface area (Å²) in [7, 11) is 1.90. The minimum atomic E-state index is -0.212. The van der Waals surface area contributed by atoms with Crippen LogP contribution in [-0.4, -0.2) is 27.4 Å². The highest BCUT2D eigenvalue weighted by Gasteiger charge is 2.17. The number of rotatable bonds is 4. The van der Waals surface area contributed by atoms with E-state index in [1.54, 1.807) is 13.1 Å². The molecule has 0 aromatic carbocycles. The molecule has 14 heavy (non-hydrogen) atoms. The molecule has 0 aliphatic rings. The van der Waals surface area contributed by atoms with Crippen molar-refractivity contribution in [3.8, 4) is 0 Å². The van der Waals surface area contributed by atoms with Crippen molar-refractivity contribution in [2.45, 2.75) is 24.3 Å². The van der Waals surface area contributed by atoms with Crippen molar-refractivity contribution in [1.29, 1.82) is 0 Å². The number of nitrogens with zero attached hydrogens (tertiary/aromatic N) is 2. The Kier molecular flexibility index (Phi) is 4.00. The third-order valence-corrected chi connectivity index (χ3v) is 2.83. The molecule has 0 aliphatic carbocycles. The van der Waals surface area contributed by atoms with E-state index in [0.717, 1.165) is 5.16 Å². The number of carbonyl (C=O) groups is 1. The molecule has 1 rings (SSSR count). The summed E-state index contributed by atoms with van der Waals surface area (Å²) in [5, 5.41) is 0.613. The zero-order chi connectivity index (χ0) is 10.6. The van der Waals surface area contributed by atoms with Crippen LogP contribution in [-0.2, 0) is 16.6 Å². The van der Waals surface area contributed by atoms with Crippen LogP contribution in [0.15, 0.2) is 17.6 Å². The van der Waals surface area contributed by atoms with Gasteiger partial charge in [-0.3, -0.25) is 4.79 Å². The van der Waals surface area contributed by atoms with E-state index in [1.165, 1.54) is 11.8 Å². The summed E-state index contributed by atoms with van der Waals surface area (Å²) in [5.41, 5.74) is 0. The molecule has 1 unspecified atom stereocenters. The highest BCUT2D eigenvalue weighted by atomic mass is 32.2. The van der Waals surface area contributed by atoms with Gasteiger partial charge in [0.15, 0.2) is 5.16 Å². The number of ether oxygens (including phenoxy) is 1. The van der Waals surface area contributed by atoms with Crippen molar-refractivity contribution in [2.75, 3.05) is 6.61 Å². The first-order valence-corrected chi connectivity index (χ1v) is 5.33. The second kappa shape index (κ2) is 5.05. The maximum Gasteiger partial charge on any atom is 0.319 e. The predicted molar refractivity (Wildman–Crippen MR) is 55.2 cm³/mol. The molecule has 78 valence electrons. The van der Waals surface area contributed by atoms with Crippen LogP contribution in [0.1, 0.15) is 13.8 Å². The molecule has 0 amide bonds. The molecule has 0 aliphatic heterocycles. The average Bonchev–Trinajstić information content (AvgIpc) is 2.52. The summed E-state index contributed by atoms with van der Waals surface area (Å²) in [4.78, 5) is 15.4. The van der Waals surface area contributed by atoms with Crippen molar-refractivity contribution in [1.82, 2.24) is 9.55 Å². The molecule has 4 nitrogen and oxygen atoms in total. The monoisotopic (exact) mass is 214 g/mol. The first-order valence-electron chi connectivity index (χ1n) is 4.45. The Hall–Kier alpha value is -0.970. The molecule has 0 spiro atoms. The lowest BCUT2D eigenvalue weighted by Crippen LogP contribution is -2.17. The minimum absolute atomic E-state index is 0.194. The second-order valence-corrected chi connectivity index (χ2v) is 4.14. The number of thioether (sulfide) groups is 1. The first kappa shape index (κ1) is 11.1. The number of hydrogen-bond acceptors (Lipinski definition) is 4. The topological polar surface area (TPSA) is 44.1 Å². The summed E-state index contributed by atoms with van der Waals surface area (Å²) >= 11 is 1.40. The second-order valence-electron chi connectivity index (χ2n) is 2.83. The van der Waals surface area contributed by atoms with Crippen LogP contribution in [0.3, 0.4) is 0 Å². The van der Waals surface area contributed by atoms with Gasteiger partial charge in [-0.05, 0) is 13.8 Å². The molecular formula is C9H14N2O2S. The van der Waals surface area contributed by atoms with Crippen LogP contribution in [0, 0.1) is 0 Å². The normalized spacial score (nSPS) is 12.5. The van der Waals surface area contributed by atoms with Gasteiger partial charge in [-0.2, -0.15) is 0 Å². The van der Waals surface area contributed by atoms with Crippen LogP contribution in [0.5, 0.6) is 0 Å². The number of aromatic nitrogens is 2. The minimum Gasteiger partial charge on any atom is -0.465 e. The fourth-order valence-electron chi connectivity index (χ4n) is 0.931. The molecule has 0 N–H and O–H groups in total. The Morgan fingerprint density at radius 1 is 1.79 bits per heavy atom. The van der Waals surface area contributed by atoms with E-state index in [-0.39, 0.29) is 11.2 Å². The molecule has 1 aromatic heterocycles. The Morgan fingerprint density at radius 2 is 2.50 bits per heavy atom. The van der Waals surface area contributed by atoms with Crippen LogP contribution in [0.25, 0.3) is 0 Å². The zero-order valence-corrected chi connectivity index (χ0v) is 9.37. The maximum absolute atomic E-state index is 11.3. The standard InChI is InChI=1S/C9H14N2O2S/c1-4-13-8(12)7(2)14-9-10-5-6-11(9)3/h5-7H,4H2,1-3H3. The molecule has 5 heteroatoms. The van der Waals surface area contributed by atoms with E-state index >= 15 is 0 Å². The van der Waals surface area contributed by atoms with Crippen molar-refractivity contribution in [3.63, 3.8) is 0 Å². The van der Waals surface area contributed by atoms with Crippen LogP contribution in [0.4, 0.5) is 0 Å². The van der Waals surface area contributed by atoms with Crippen molar-refractivity contribution >= 4 is 17.7 Å². The lowest BCUT2D eigenvalue weighted by Gasteiger charge is -2.09. The number of carbonyl (C=O) groups excluding carboxylic acids is 1. The fourth-order valence-corrected chi connectivity index (χ4v) is 1.76. The SMILES string of the molecule is CCOC(=O)C(C)Sc1nccn1C. The smallest absolute Gasteiger partial charge is 0.319 e. The van der Waals surface area contributed by atoms with Crippen LogP contribution in [0.2, 0.25) is 0 Å². The summed E-state index contributed by atoms with van der Waals surface area (Å²) in [6.07, 6.45) is 3.56. The third-order valence-electron chi connectivity index (χ3n) is 1.68. The van der Waals surface area contributed by atoms with Crippen LogP contribution < -0.4 is 0 Å². The summed E-state index contributed by atoms with van der Waals surface area (Å²) in [6.45, 7) is 4.04. The van der Waals surface area contributed by atoms with E-state index in [0.29, 0.717) is 6.61 Å². The Bertz CT molecular complexity index is 312. The van der Waals surface area contributed by atoms with Gasteiger partial charge in [0.1, 0.15) is 5.25 Å². The molecule has 0 fully saturated rings. The van der Waals surface area contributed by atoms with Crippen molar-refractivity contribution in [2.24, 2.45) is 7.05 Å². The molecule has 0 bridgehead atoms. The number of imidazole rings is 1. The van der Waals surface area contributed by atoms with Gasteiger partial charge >= 0.3 is 5.97 Å². The number of esters is 1. The lowest BCUT2D eigenvalue weighted by atomic mass is 10.5. The Balaban J connectivity index is 2.52. The summed E-state index contributed by atoms with van der Waals surface area (Å²) < 4.78 is 6.77. The van der Waals surface area contributed by atoms with Crippen molar-refractivity contribution < 1.29 is 9.53 Å². The van der Waals surface area contributed by atoms with Gasteiger partial charge in [-0.15, -0.1) is 0 Å². The number of aryl methyl sites for hydroxylation is 1. The van der Waals surface area contributed by atoms with E-state index in [4.69, 9.17) is 4.74 Å². The van der Waals surface area contributed by atoms with E-state index < -0.39 is 0 Å².